The first kappa shape index (κ1) is 54.8. The number of rotatable bonds is 22. The van der Waals surface area contributed by atoms with Crippen LogP contribution in [0.1, 0.15) is 106 Å². The van der Waals surface area contributed by atoms with Crippen molar-refractivity contribution < 1.29 is 63.2 Å². The fourth-order valence-corrected chi connectivity index (χ4v) is 10.4. The molecule has 4 aliphatic rings. The number of aliphatic hydroxyl groups excluding tert-OH is 3. The van der Waals surface area contributed by atoms with E-state index in [1.807, 2.05) is 27.7 Å². The molecule has 27 nitrogen and oxygen atoms in total. The lowest BCUT2D eigenvalue weighted by Crippen LogP contribution is -2.47. The number of nitrogens with zero attached hydrogens (tertiary/aromatic N) is 8. The fraction of sp³-hybridized carbons (Fsp3) is 0.727. The van der Waals surface area contributed by atoms with Crippen LogP contribution in [0.3, 0.4) is 0 Å². The van der Waals surface area contributed by atoms with Crippen LogP contribution in [0.5, 0.6) is 0 Å². The Morgan fingerprint density at radius 2 is 1.15 bits per heavy atom. The second kappa shape index (κ2) is 22.3. The highest BCUT2D eigenvalue weighted by molar-refractivity contribution is 7.54. The lowest BCUT2D eigenvalue weighted by atomic mass is 9.96. The number of imidazole rings is 2. The van der Waals surface area contributed by atoms with Crippen molar-refractivity contribution >= 4 is 65.5 Å². The first-order chi connectivity index (χ1) is 34.0. The monoisotopic (exact) mass is 1030 g/mol. The van der Waals surface area contributed by atoms with Crippen LogP contribution in [0.15, 0.2) is 12.7 Å². The number of esters is 2. The first-order valence-electron chi connectivity index (χ1n) is 24.4. The normalized spacial score (nSPS) is 27.9. The zero-order valence-electron chi connectivity index (χ0n) is 41.8. The van der Waals surface area contributed by atoms with Crippen LogP contribution in [0.25, 0.3) is 22.3 Å². The molecule has 0 amide bonds. The number of fused-ring (bicyclic) bond motifs is 2. The molecule has 10 atom stereocenters. The molecular weight excluding hydrogens is 964 g/mol. The quantitative estimate of drug-likeness (QED) is 0.0389. The maximum absolute atomic E-state index is 14.6. The standard InChI is InChI=1S/C30H51N8O9P.C14H20N6O4/c1-8-44-26(40)19(12-16(3)4)36-48(43,37-20(13-17(5)6)27(41)45-9-2)46-14-21-23(39)30(7,42)28(47-21)38-15-32-22-24(33-18-10-11-18)34-29(31)35-25(22)38;1-14(23)9(22)7(4-21)24-12(14)20-5-16-8-10(17-6-2-3-6)18-13(15)19-11(8)20/h15-21,23,28,39,42H,8-14H2,1-7H3,(H2,36,37,43)(H3,31,33,34,35);5-7,9,12,21-23H,2-4H2,1H3,(H3,15,17,18,19)/t19?,20?,21-,23?,28-,30+,48?;7-,9?,12-,14+/m11/s1. The summed E-state index contributed by atoms with van der Waals surface area (Å²) >= 11 is 0. The minimum absolute atomic E-state index is 0.00411. The van der Waals surface area contributed by atoms with E-state index in [4.69, 9.17) is 34.9 Å². The number of nitrogens with one attached hydrogen (secondary N) is 4. The van der Waals surface area contributed by atoms with Gasteiger partial charge in [0.1, 0.15) is 47.7 Å². The van der Waals surface area contributed by atoms with Crippen LogP contribution in [-0.2, 0) is 37.6 Å². The fourth-order valence-electron chi connectivity index (χ4n) is 8.55. The zero-order valence-corrected chi connectivity index (χ0v) is 42.7. The summed E-state index contributed by atoms with van der Waals surface area (Å²) in [5.41, 5.74) is 9.87. The Morgan fingerprint density at radius 3 is 1.51 bits per heavy atom. The summed E-state index contributed by atoms with van der Waals surface area (Å²) in [5, 5.41) is 65.0. The van der Waals surface area contributed by atoms with Crippen LogP contribution < -0.4 is 32.3 Å². The van der Waals surface area contributed by atoms with Crippen molar-refractivity contribution in [2.24, 2.45) is 11.8 Å². The van der Waals surface area contributed by atoms with E-state index in [0.717, 1.165) is 25.7 Å². The van der Waals surface area contributed by atoms with Crippen molar-refractivity contribution in [2.75, 3.05) is 48.5 Å². The molecule has 2 aliphatic heterocycles. The van der Waals surface area contributed by atoms with Gasteiger partial charge in [-0.1, -0.05) is 27.7 Å². The highest BCUT2D eigenvalue weighted by Gasteiger charge is 2.55. The Morgan fingerprint density at radius 1 is 0.750 bits per heavy atom. The van der Waals surface area contributed by atoms with E-state index in [2.05, 4.69) is 50.7 Å². The molecule has 4 unspecified atom stereocenters. The van der Waals surface area contributed by atoms with Gasteiger partial charge in [-0.2, -0.15) is 19.9 Å². The van der Waals surface area contributed by atoms with Gasteiger partial charge in [-0.15, -0.1) is 0 Å². The van der Waals surface area contributed by atoms with Gasteiger partial charge in [-0.3, -0.25) is 23.3 Å². The molecule has 28 heteroatoms. The molecule has 2 saturated heterocycles. The summed E-state index contributed by atoms with van der Waals surface area (Å²) in [6, 6.07) is -1.50. The number of carbonyl (C=O) groups is 2. The van der Waals surface area contributed by atoms with Crippen molar-refractivity contribution in [1.82, 2.24) is 49.2 Å². The largest absolute Gasteiger partial charge is 0.465 e. The topological polar surface area (TPSA) is 386 Å². The second-order valence-corrected chi connectivity index (χ2v) is 21.8. The van der Waals surface area contributed by atoms with Gasteiger partial charge in [-0.05, 0) is 78.1 Å². The molecule has 72 heavy (non-hydrogen) atoms. The van der Waals surface area contributed by atoms with E-state index in [0.29, 0.717) is 34.4 Å². The number of aromatic nitrogens is 8. The van der Waals surface area contributed by atoms with Crippen LogP contribution in [-0.4, -0.2) is 163 Å². The average molecular weight is 1040 g/mol. The number of nitrogen functional groups attached to an aromatic ring is 2. The summed E-state index contributed by atoms with van der Waals surface area (Å²) < 4.78 is 45.7. The van der Waals surface area contributed by atoms with Crippen molar-refractivity contribution in [3.63, 3.8) is 0 Å². The van der Waals surface area contributed by atoms with E-state index in [9.17, 15) is 39.7 Å². The Bertz CT molecular complexity index is 2530. The predicted octanol–water partition coefficient (Wildman–Crippen LogP) is 1.24. The van der Waals surface area contributed by atoms with Crippen molar-refractivity contribution in [1.29, 1.82) is 0 Å². The molecular formula is C44H71N14O13P. The number of hydrogen-bond acceptors (Lipinski definition) is 23. The van der Waals surface area contributed by atoms with Gasteiger partial charge in [0, 0.05) is 12.1 Å². The zero-order chi connectivity index (χ0) is 52.4. The molecule has 4 aromatic heterocycles. The van der Waals surface area contributed by atoms with Crippen LogP contribution in [0.2, 0.25) is 0 Å². The molecule has 6 heterocycles. The third-order valence-corrected chi connectivity index (χ3v) is 14.4. The minimum Gasteiger partial charge on any atom is -0.465 e. The van der Waals surface area contributed by atoms with Crippen LogP contribution in [0, 0.1) is 11.8 Å². The van der Waals surface area contributed by atoms with Crippen LogP contribution >= 0.6 is 7.67 Å². The number of nitrogens with two attached hydrogens (primary N) is 2. The number of aliphatic hydroxyl groups is 5. The highest BCUT2D eigenvalue weighted by Crippen LogP contribution is 2.46. The first-order valence-corrected chi connectivity index (χ1v) is 26.0. The highest BCUT2D eigenvalue weighted by atomic mass is 31.2. The number of carbonyl (C=O) groups excluding carboxylic acids is 2. The summed E-state index contributed by atoms with van der Waals surface area (Å²) in [5.74, 6) is -0.246. The van der Waals surface area contributed by atoms with Crippen molar-refractivity contribution in [3.05, 3.63) is 12.7 Å². The molecule has 2 aliphatic carbocycles. The Hall–Kier alpha value is -4.93. The molecule has 0 aromatic carbocycles. The van der Waals surface area contributed by atoms with E-state index in [-0.39, 0.29) is 61.5 Å². The third kappa shape index (κ3) is 12.3. The summed E-state index contributed by atoms with van der Waals surface area (Å²) in [6.07, 6.45) is 0.406. The van der Waals surface area contributed by atoms with E-state index in [1.165, 1.54) is 35.6 Å². The maximum atomic E-state index is 14.6. The molecule has 0 radical (unpaired) electrons. The molecule has 4 aromatic rings. The van der Waals surface area contributed by atoms with Gasteiger partial charge < -0.3 is 71.1 Å². The molecule has 0 spiro atoms. The molecule has 13 N–H and O–H groups in total. The van der Waals surface area contributed by atoms with Gasteiger partial charge in [-0.25, -0.2) is 20.1 Å². The molecule has 2 saturated carbocycles. The smallest absolute Gasteiger partial charge is 0.342 e. The van der Waals surface area contributed by atoms with Gasteiger partial charge in [0.25, 0.3) is 0 Å². The molecule has 400 valence electrons. The van der Waals surface area contributed by atoms with E-state index >= 15 is 0 Å². The van der Waals surface area contributed by atoms with Gasteiger partial charge >= 0.3 is 19.6 Å². The lowest BCUT2D eigenvalue weighted by Gasteiger charge is -2.30. The summed E-state index contributed by atoms with van der Waals surface area (Å²) in [4.78, 5) is 51.6. The van der Waals surface area contributed by atoms with Gasteiger partial charge in [0.2, 0.25) is 11.9 Å². The third-order valence-electron chi connectivity index (χ3n) is 12.5. The van der Waals surface area contributed by atoms with Crippen molar-refractivity contribution in [3.8, 4) is 0 Å². The summed E-state index contributed by atoms with van der Waals surface area (Å²) in [7, 11) is -4.30. The maximum Gasteiger partial charge on any atom is 0.342 e. The lowest BCUT2D eigenvalue weighted by molar-refractivity contribution is -0.146. The van der Waals surface area contributed by atoms with Crippen LogP contribution in [0.4, 0.5) is 23.5 Å². The molecule has 8 rings (SSSR count). The SMILES string of the molecule is CCOC(=O)C(CC(C)C)NP(=O)(NC(CC(C)C)C(=O)OCC)OC[C@H]1O[C@@H](n2cnc3c(NC4CC4)nc(N)nc32)[C@@](C)(O)C1O.C[C@]1(O)C(O)[C@@H](CO)O[C@H]1n1cnc2c(NC3CC3)nc(N)nc21. The Labute approximate surface area is 416 Å². The Balaban J connectivity index is 0.000000262. The number of ether oxygens (including phenoxy) is 4. The molecule has 0 bridgehead atoms. The second-order valence-electron chi connectivity index (χ2n) is 19.9. The average Bonchev–Trinajstić information content (AvgIpc) is 4.19. The van der Waals surface area contributed by atoms with E-state index in [1.54, 1.807) is 13.8 Å². The van der Waals surface area contributed by atoms with E-state index < -0.39 is 93.0 Å². The van der Waals surface area contributed by atoms with Gasteiger partial charge in [0.15, 0.2) is 46.4 Å². The predicted molar refractivity (Wildman–Crippen MR) is 261 cm³/mol. The minimum atomic E-state index is -4.30. The number of anilines is 4. The molecule has 4 fully saturated rings. The van der Waals surface area contributed by atoms with Crippen molar-refractivity contribution in [2.45, 2.75) is 166 Å². The number of hydrogen-bond donors (Lipinski definition) is 11. The van der Waals surface area contributed by atoms with Gasteiger partial charge in [0.05, 0.1) is 39.1 Å². The Kier molecular flexibility index (Phi) is 17.0. The summed E-state index contributed by atoms with van der Waals surface area (Å²) in [6.45, 7) is 13.0.